The Kier molecular flexibility index (Phi) is 5.94. The first-order chi connectivity index (χ1) is 11.2. The van der Waals surface area contributed by atoms with E-state index in [4.69, 9.17) is 21.7 Å². The Morgan fingerprint density at radius 1 is 1.04 bits per heavy atom. The lowest BCUT2D eigenvalue weighted by molar-refractivity contribution is 0.414. The van der Waals surface area contributed by atoms with E-state index in [2.05, 4.69) is 15.8 Å². The van der Waals surface area contributed by atoms with E-state index in [1.165, 1.54) is 0 Å². The summed E-state index contributed by atoms with van der Waals surface area (Å²) in [7, 11) is 3.24. The van der Waals surface area contributed by atoms with Crippen LogP contribution in [0.3, 0.4) is 0 Å². The van der Waals surface area contributed by atoms with Gasteiger partial charge in [0.05, 0.1) is 26.1 Å². The first-order valence-electron chi connectivity index (χ1n) is 7.02. The average molecular weight is 329 g/mol. The maximum absolute atomic E-state index is 5.33. The third-order valence-corrected chi connectivity index (χ3v) is 3.40. The fourth-order valence-electron chi connectivity index (χ4n) is 2.05. The summed E-state index contributed by atoms with van der Waals surface area (Å²) in [6.45, 7) is 1.98. The summed E-state index contributed by atoms with van der Waals surface area (Å²) >= 11 is 5.26. The van der Waals surface area contributed by atoms with Gasteiger partial charge in [0.2, 0.25) is 0 Å². The molecule has 0 atom stereocenters. The molecule has 0 aromatic heterocycles. The summed E-state index contributed by atoms with van der Waals surface area (Å²) in [4.78, 5) is 0. The van der Waals surface area contributed by atoms with Gasteiger partial charge >= 0.3 is 0 Å². The maximum atomic E-state index is 5.33. The Labute approximate surface area is 141 Å². The van der Waals surface area contributed by atoms with Crippen molar-refractivity contribution in [1.82, 2.24) is 5.43 Å². The van der Waals surface area contributed by atoms with Crippen molar-refractivity contribution in [1.29, 1.82) is 0 Å². The van der Waals surface area contributed by atoms with E-state index >= 15 is 0 Å². The molecule has 23 heavy (non-hydrogen) atoms. The highest BCUT2D eigenvalue weighted by atomic mass is 32.1. The van der Waals surface area contributed by atoms with Gasteiger partial charge in [0.25, 0.3) is 0 Å². The molecule has 120 valence electrons. The zero-order valence-corrected chi connectivity index (χ0v) is 14.1. The van der Waals surface area contributed by atoms with Crippen molar-refractivity contribution in [2.45, 2.75) is 6.92 Å². The number of hydrazone groups is 1. The van der Waals surface area contributed by atoms with Crippen molar-refractivity contribution >= 4 is 29.2 Å². The summed E-state index contributed by atoms with van der Waals surface area (Å²) in [5.74, 6) is 1.47. The second kappa shape index (κ2) is 8.14. The molecule has 0 fully saturated rings. The van der Waals surface area contributed by atoms with Crippen molar-refractivity contribution < 1.29 is 9.47 Å². The van der Waals surface area contributed by atoms with Crippen LogP contribution in [0.1, 0.15) is 11.1 Å². The summed E-state index contributed by atoms with van der Waals surface area (Å²) < 4.78 is 10.6. The third kappa shape index (κ3) is 4.43. The van der Waals surface area contributed by atoms with Gasteiger partial charge in [0.15, 0.2) is 5.11 Å². The van der Waals surface area contributed by atoms with Crippen LogP contribution in [-0.4, -0.2) is 25.5 Å². The van der Waals surface area contributed by atoms with Gasteiger partial charge in [-0.2, -0.15) is 5.10 Å². The number of benzene rings is 2. The fraction of sp³-hybridized carbons (Fsp3) is 0.176. The monoisotopic (exact) mass is 329 g/mol. The molecular weight excluding hydrogens is 310 g/mol. The second-order valence-electron chi connectivity index (χ2n) is 4.72. The van der Waals surface area contributed by atoms with Gasteiger partial charge in [0.1, 0.15) is 11.5 Å². The van der Waals surface area contributed by atoms with E-state index in [1.54, 1.807) is 20.4 Å². The van der Waals surface area contributed by atoms with E-state index in [0.717, 1.165) is 28.3 Å². The Balaban J connectivity index is 2.02. The molecule has 0 aliphatic heterocycles. The van der Waals surface area contributed by atoms with Gasteiger partial charge in [-0.3, -0.25) is 5.43 Å². The first-order valence-corrected chi connectivity index (χ1v) is 7.43. The van der Waals surface area contributed by atoms with Crippen LogP contribution in [0.5, 0.6) is 11.5 Å². The summed E-state index contributed by atoms with van der Waals surface area (Å²) in [5.41, 5.74) is 5.50. The van der Waals surface area contributed by atoms with Crippen molar-refractivity contribution in [3.05, 3.63) is 53.6 Å². The topological polar surface area (TPSA) is 54.9 Å². The van der Waals surface area contributed by atoms with E-state index in [0.29, 0.717) is 5.11 Å². The van der Waals surface area contributed by atoms with Gasteiger partial charge in [-0.25, -0.2) is 0 Å². The summed E-state index contributed by atoms with van der Waals surface area (Å²) in [5, 5.41) is 7.61. The van der Waals surface area contributed by atoms with Crippen molar-refractivity contribution in [3.8, 4) is 11.5 Å². The lowest BCUT2D eigenvalue weighted by Gasteiger charge is -2.13. The van der Waals surface area contributed by atoms with Crippen LogP contribution < -0.4 is 20.2 Å². The highest BCUT2D eigenvalue weighted by Gasteiger charge is 2.07. The normalized spacial score (nSPS) is 10.4. The van der Waals surface area contributed by atoms with E-state index < -0.39 is 0 Å². The average Bonchev–Trinajstić information content (AvgIpc) is 2.57. The molecule has 0 bridgehead atoms. The highest BCUT2D eigenvalue weighted by Crippen LogP contribution is 2.27. The lowest BCUT2D eigenvalue weighted by atomic mass is 10.2. The SMILES string of the molecule is COc1ccccc1C=NNC(=S)Nc1c(C)cccc1OC. The minimum atomic E-state index is 0.378. The van der Waals surface area contributed by atoms with Gasteiger partial charge in [-0.05, 0) is 42.9 Å². The molecular formula is C17H19N3O2S. The first kappa shape index (κ1) is 16.8. The van der Waals surface area contributed by atoms with Crippen molar-refractivity contribution in [3.63, 3.8) is 0 Å². The van der Waals surface area contributed by atoms with E-state index in [1.807, 2.05) is 49.4 Å². The van der Waals surface area contributed by atoms with Gasteiger partial charge in [0, 0.05) is 5.56 Å². The van der Waals surface area contributed by atoms with Gasteiger partial charge in [-0.1, -0.05) is 24.3 Å². The Morgan fingerprint density at radius 3 is 2.48 bits per heavy atom. The number of rotatable bonds is 5. The number of ether oxygens (including phenoxy) is 2. The van der Waals surface area contributed by atoms with Crippen LogP contribution in [0.4, 0.5) is 5.69 Å². The molecule has 2 rings (SSSR count). The molecule has 0 saturated heterocycles. The molecule has 6 heteroatoms. The van der Waals surface area contributed by atoms with E-state index in [-0.39, 0.29) is 0 Å². The molecule has 0 unspecified atom stereocenters. The molecule has 2 aromatic carbocycles. The number of methoxy groups -OCH3 is 2. The zero-order chi connectivity index (χ0) is 16.7. The lowest BCUT2D eigenvalue weighted by Crippen LogP contribution is -2.24. The van der Waals surface area contributed by atoms with Crippen LogP contribution in [0, 0.1) is 6.92 Å². The zero-order valence-electron chi connectivity index (χ0n) is 13.3. The van der Waals surface area contributed by atoms with Gasteiger partial charge in [-0.15, -0.1) is 0 Å². The molecule has 0 aliphatic carbocycles. The molecule has 2 aromatic rings. The minimum absolute atomic E-state index is 0.378. The van der Waals surface area contributed by atoms with Crippen molar-refractivity contribution in [2.75, 3.05) is 19.5 Å². The van der Waals surface area contributed by atoms with E-state index in [9.17, 15) is 0 Å². The standard InChI is InChI=1S/C17H19N3O2S/c1-12-7-6-10-15(22-3)16(12)19-17(23)20-18-11-13-8-4-5-9-14(13)21-2/h4-11H,1-3H3,(H2,19,20,23). The quantitative estimate of drug-likeness (QED) is 0.501. The van der Waals surface area contributed by atoms with Crippen LogP contribution >= 0.6 is 12.2 Å². The number of para-hydroxylation sites is 2. The Morgan fingerprint density at radius 2 is 1.74 bits per heavy atom. The molecule has 5 nitrogen and oxygen atoms in total. The molecule has 0 heterocycles. The summed E-state index contributed by atoms with van der Waals surface area (Å²) in [6.07, 6.45) is 1.65. The minimum Gasteiger partial charge on any atom is -0.496 e. The Bertz CT molecular complexity index is 717. The predicted octanol–water partition coefficient (Wildman–Crippen LogP) is 3.33. The maximum Gasteiger partial charge on any atom is 0.191 e. The van der Waals surface area contributed by atoms with Crippen molar-refractivity contribution in [2.24, 2.45) is 5.10 Å². The largest absolute Gasteiger partial charge is 0.496 e. The fourth-order valence-corrected chi connectivity index (χ4v) is 2.20. The van der Waals surface area contributed by atoms with Crippen LogP contribution in [0.2, 0.25) is 0 Å². The Hall–Kier alpha value is -2.60. The number of thiocarbonyl (C=S) groups is 1. The number of hydrogen-bond donors (Lipinski definition) is 2. The molecule has 0 spiro atoms. The highest BCUT2D eigenvalue weighted by molar-refractivity contribution is 7.80. The smallest absolute Gasteiger partial charge is 0.191 e. The molecule has 0 aliphatic rings. The number of nitrogens with one attached hydrogen (secondary N) is 2. The van der Waals surface area contributed by atoms with Crippen LogP contribution in [0.15, 0.2) is 47.6 Å². The number of nitrogens with zero attached hydrogens (tertiary/aromatic N) is 1. The predicted molar refractivity (Wildman–Crippen MR) is 97.7 cm³/mol. The number of aryl methyl sites for hydroxylation is 1. The number of hydrogen-bond acceptors (Lipinski definition) is 4. The van der Waals surface area contributed by atoms with Gasteiger partial charge < -0.3 is 14.8 Å². The molecule has 0 radical (unpaired) electrons. The van der Waals surface area contributed by atoms with Crippen LogP contribution in [-0.2, 0) is 0 Å². The van der Waals surface area contributed by atoms with Crippen LogP contribution in [0.25, 0.3) is 0 Å². The molecule has 0 amide bonds. The second-order valence-corrected chi connectivity index (χ2v) is 5.13. The summed E-state index contributed by atoms with van der Waals surface area (Å²) in [6, 6.07) is 13.4. The number of anilines is 1. The molecule has 0 saturated carbocycles. The third-order valence-electron chi connectivity index (χ3n) is 3.20. The molecule has 2 N–H and O–H groups in total.